The molecule has 0 atom stereocenters. The van der Waals surface area contributed by atoms with E-state index in [1.807, 2.05) is 0 Å². The van der Waals surface area contributed by atoms with E-state index in [0.29, 0.717) is 0 Å². The van der Waals surface area contributed by atoms with Crippen molar-refractivity contribution in [3.63, 3.8) is 0 Å². The zero-order valence-electron chi connectivity index (χ0n) is 34.1. The Labute approximate surface area is 362 Å². The van der Waals surface area contributed by atoms with Gasteiger partial charge in [-0.3, -0.25) is 0 Å². The lowest BCUT2D eigenvalue weighted by molar-refractivity contribution is 1.18. The monoisotopic (exact) mass is 790 g/mol. The molecule has 0 saturated heterocycles. The van der Waals surface area contributed by atoms with E-state index in [-0.39, 0.29) is 0 Å². The van der Waals surface area contributed by atoms with Crippen molar-refractivity contribution in [1.29, 1.82) is 0 Å². The molecule has 0 saturated carbocycles. The second-order valence-corrected chi connectivity index (χ2v) is 15.8. The summed E-state index contributed by atoms with van der Waals surface area (Å²) in [6.45, 7) is 0. The quantitative estimate of drug-likeness (QED) is 0.141. The van der Waals surface area contributed by atoms with Gasteiger partial charge in [0, 0.05) is 33.5 Å². The maximum atomic E-state index is 2.38. The van der Waals surface area contributed by atoms with Crippen LogP contribution in [0.2, 0.25) is 0 Å². The minimum atomic E-state index is 1.09. The fourth-order valence-corrected chi connectivity index (χ4v) is 8.98. The van der Waals surface area contributed by atoms with Crippen molar-refractivity contribution in [2.75, 3.05) is 4.90 Å². The van der Waals surface area contributed by atoms with E-state index in [0.717, 1.165) is 22.7 Å². The number of para-hydroxylation sites is 2. The molecule has 0 N–H and O–H groups in total. The van der Waals surface area contributed by atoms with Crippen LogP contribution in [0.4, 0.5) is 17.1 Å². The molecule has 0 unspecified atom stereocenters. The van der Waals surface area contributed by atoms with Crippen LogP contribution in [0.3, 0.4) is 0 Å². The van der Waals surface area contributed by atoms with Gasteiger partial charge < -0.3 is 9.47 Å². The Kier molecular flexibility index (Phi) is 9.57. The number of hydrogen-bond acceptors (Lipinski definition) is 1. The number of rotatable bonds is 9. The highest BCUT2D eigenvalue weighted by molar-refractivity contribution is 6.09. The van der Waals surface area contributed by atoms with Gasteiger partial charge in [0.25, 0.3) is 0 Å². The molecule has 0 aliphatic carbocycles. The standard InChI is InChI=1S/C60H42N2/c1-3-15-43(16-4-1)44-29-35-51(36-30-44)61(52-37-31-45(32-38-52)48-19-13-21-50(41-48)56-24-8-7-23-55(56)47-17-5-2-6-18-47)53-39-33-46(34-40-53)49-20-14-22-54(42-49)62-59-27-11-9-25-57(59)58-26-10-12-28-60(58)62/h1-42H. The number of anilines is 3. The van der Waals surface area contributed by atoms with Gasteiger partial charge in [0.1, 0.15) is 0 Å². The number of fused-ring (bicyclic) bond motifs is 3. The molecule has 0 radical (unpaired) electrons. The third-order valence-corrected chi connectivity index (χ3v) is 12.0. The molecule has 10 aromatic carbocycles. The van der Waals surface area contributed by atoms with Crippen LogP contribution in [0.1, 0.15) is 0 Å². The van der Waals surface area contributed by atoms with Crippen LogP contribution in [0.25, 0.3) is 83.1 Å². The van der Waals surface area contributed by atoms with Crippen molar-refractivity contribution < 1.29 is 0 Å². The SMILES string of the molecule is c1ccc(-c2ccc(N(c3ccc(-c4cccc(-c5ccccc5-c5ccccc5)c4)cc3)c3ccc(-c4cccc(-n5c6ccccc6c6ccccc65)c4)cc3)cc2)cc1. The first-order chi connectivity index (χ1) is 30.7. The van der Waals surface area contributed by atoms with Gasteiger partial charge in [0.05, 0.1) is 11.0 Å². The first-order valence-corrected chi connectivity index (χ1v) is 21.3. The van der Waals surface area contributed by atoms with Crippen molar-refractivity contribution >= 4 is 38.9 Å². The number of nitrogens with zero attached hydrogens (tertiary/aromatic N) is 2. The second-order valence-electron chi connectivity index (χ2n) is 15.8. The van der Waals surface area contributed by atoms with Gasteiger partial charge in [-0.2, -0.15) is 0 Å². The first-order valence-electron chi connectivity index (χ1n) is 21.3. The van der Waals surface area contributed by atoms with Gasteiger partial charge in [-0.05, 0) is 122 Å². The minimum absolute atomic E-state index is 1.09. The van der Waals surface area contributed by atoms with E-state index in [1.165, 1.54) is 77.4 Å². The van der Waals surface area contributed by atoms with E-state index in [9.17, 15) is 0 Å². The molecule has 2 nitrogen and oxygen atoms in total. The fourth-order valence-electron chi connectivity index (χ4n) is 8.98. The summed E-state index contributed by atoms with van der Waals surface area (Å²) >= 11 is 0. The summed E-state index contributed by atoms with van der Waals surface area (Å²) < 4.78 is 2.38. The number of benzene rings is 10. The molecule has 1 heterocycles. The highest BCUT2D eigenvalue weighted by Gasteiger charge is 2.16. The van der Waals surface area contributed by atoms with E-state index >= 15 is 0 Å². The third kappa shape index (κ3) is 6.94. The average molecular weight is 791 g/mol. The van der Waals surface area contributed by atoms with Crippen molar-refractivity contribution in [3.8, 4) is 61.3 Å². The molecule has 62 heavy (non-hydrogen) atoms. The predicted molar refractivity (Wildman–Crippen MR) is 263 cm³/mol. The van der Waals surface area contributed by atoms with Crippen molar-refractivity contribution in [3.05, 3.63) is 255 Å². The van der Waals surface area contributed by atoms with Crippen LogP contribution < -0.4 is 4.90 Å². The van der Waals surface area contributed by atoms with Gasteiger partial charge in [-0.15, -0.1) is 0 Å². The molecule has 0 bridgehead atoms. The summed E-state index contributed by atoms with van der Waals surface area (Å²) in [7, 11) is 0. The van der Waals surface area contributed by atoms with Gasteiger partial charge in [0.15, 0.2) is 0 Å². The summed E-state index contributed by atoms with van der Waals surface area (Å²) in [4.78, 5) is 2.35. The maximum Gasteiger partial charge on any atom is 0.0541 e. The third-order valence-electron chi connectivity index (χ3n) is 12.0. The van der Waals surface area contributed by atoms with Crippen molar-refractivity contribution in [2.45, 2.75) is 0 Å². The lowest BCUT2D eigenvalue weighted by atomic mass is 9.92. The molecular weight excluding hydrogens is 749 g/mol. The van der Waals surface area contributed by atoms with Crippen LogP contribution in [0, 0.1) is 0 Å². The maximum absolute atomic E-state index is 2.38. The lowest BCUT2D eigenvalue weighted by Gasteiger charge is -2.26. The number of hydrogen-bond donors (Lipinski definition) is 0. The number of aromatic nitrogens is 1. The summed E-state index contributed by atoms with van der Waals surface area (Å²) in [5.74, 6) is 0. The fraction of sp³-hybridized carbons (Fsp3) is 0. The van der Waals surface area contributed by atoms with E-state index < -0.39 is 0 Å². The summed E-state index contributed by atoms with van der Waals surface area (Å²) in [5, 5.41) is 2.53. The van der Waals surface area contributed by atoms with Crippen molar-refractivity contribution in [2.24, 2.45) is 0 Å². The Hall–Kier alpha value is -8.20. The molecule has 0 amide bonds. The van der Waals surface area contributed by atoms with E-state index in [4.69, 9.17) is 0 Å². The Morgan fingerprint density at radius 1 is 0.242 bits per heavy atom. The topological polar surface area (TPSA) is 8.17 Å². The Bertz CT molecular complexity index is 3260. The Morgan fingerprint density at radius 3 is 1.16 bits per heavy atom. The van der Waals surface area contributed by atoms with E-state index in [1.54, 1.807) is 0 Å². The highest BCUT2D eigenvalue weighted by atomic mass is 15.1. The molecule has 0 aliphatic heterocycles. The van der Waals surface area contributed by atoms with Gasteiger partial charge in [0.2, 0.25) is 0 Å². The molecule has 0 aliphatic rings. The average Bonchev–Trinajstić information content (AvgIpc) is 3.70. The molecule has 11 rings (SSSR count). The predicted octanol–water partition coefficient (Wildman–Crippen LogP) is 16.6. The normalized spacial score (nSPS) is 11.2. The highest BCUT2D eigenvalue weighted by Crippen LogP contribution is 2.40. The van der Waals surface area contributed by atoms with Crippen LogP contribution in [-0.2, 0) is 0 Å². The zero-order valence-corrected chi connectivity index (χ0v) is 34.1. The summed E-state index contributed by atoms with van der Waals surface area (Å²) in [6.07, 6.45) is 0. The summed E-state index contributed by atoms with van der Waals surface area (Å²) in [6, 6.07) is 91.9. The van der Waals surface area contributed by atoms with Crippen LogP contribution >= 0.6 is 0 Å². The Balaban J connectivity index is 0.942. The van der Waals surface area contributed by atoms with Crippen LogP contribution in [0.5, 0.6) is 0 Å². The molecular formula is C60H42N2. The second kappa shape index (κ2) is 16.1. The molecule has 2 heteroatoms. The van der Waals surface area contributed by atoms with Gasteiger partial charge >= 0.3 is 0 Å². The van der Waals surface area contributed by atoms with Crippen LogP contribution in [-0.4, -0.2) is 4.57 Å². The van der Waals surface area contributed by atoms with Crippen molar-refractivity contribution in [1.82, 2.24) is 4.57 Å². The zero-order chi connectivity index (χ0) is 41.2. The van der Waals surface area contributed by atoms with Gasteiger partial charge in [-0.25, -0.2) is 0 Å². The van der Waals surface area contributed by atoms with Crippen LogP contribution in [0.15, 0.2) is 255 Å². The first kappa shape index (κ1) is 36.8. The minimum Gasteiger partial charge on any atom is -0.311 e. The lowest BCUT2D eigenvalue weighted by Crippen LogP contribution is -2.09. The largest absolute Gasteiger partial charge is 0.311 e. The van der Waals surface area contributed by atoms with E-state index in [2.05, 4.69) is 264 Å². The molecule has 0 fully saturated rings. The van der Waals surface area contributed by atoms with Gasteiger partial charge in [-0.1, -0.05) is 188 Å². The molecule has 11 aromatic rings. The Morgan fingerprint density at radius 2 is 0.613 bits per heavy atom. The summed E-state index contributed by atoms with van der Waals surface area (Å²) in [5.41, 5.74) is 18.8. The molecule has 0 spiro atoms. The smallest absolute Gasteiger partial charge is 0.0541 e. The molecule has 292 valence electrons. The molecule has 1 aromatic heterocycles.